The minimum Gasteiger partial charge on any atom is -0.271 e. The number of aryl methyl sites for hydroxylation is 1. The van der Waals surface area contributed by atoms with Gasteiger partial charge < -0.3 is 0 Å². The Bertz CT molecular complexity index is 643. The highest BCUT2D eigenvalue weighted by atomic mass is 32.1. The van der Waals surface area contributed by atoms with E-state index in [1.54, 1.807) is 0 Å². The molecular weight excluding hydrogens is 264 g/mol. The van der Waals surface area contributed by atoms with Crippen molar-refractivity contribution >= 4 is 21.4 Å². The molecule has 0 bridgehead atoms. The van der Waals surface area contributed by atoms with Crippen molar-refractivity contribution in [1.82, 2.24) is 5.43 Å². The molecule has 0 amide bonds. The summed E-state index contributed by atoms with van der Waals surface area (Å²) in [5.74, 6) is 5.75. The first kappa shape index (κ1) is 13.3. The third-order valence-electron chi connectivity index (χ3n) is 3.55. The van der Waals surface area contributed by atoms with Crippen molar-refractivity contribution in [1.29, 1.82) is 0 Å². The zero-order valence-corrected chi connectivity index (χ0v) is 12.1. The van der Waals surface area contributed by atoms with Crippen LogP contribution in [0.25, 0.3) is 10.1 Å². The van der Waals surface area contributed by atoms with Crippen LogP contribution < -0.4 is 11.3 Å². The fourth-order valence-electron chi connectivity index (χ4n) is 2.44. The number of nitrogens with one attached hydrogen (secondary N) is 1. The lowest BCUT2D eigenvalue weighted by atomic mass is 10.0. The number of hydrogen-bond donors (Lipinski definition) is 2. The van der Waals surface area contributed by atoms with E-state index in [0.29, 0.717) is 0 Å². The molecule has 102 valence electrons. The van der Waals surface area contributed by atoms with Crippen LogP contribution in [0, 0.1) is 0 Å². The predicted octanol–water partition coefficient (Wildman–Crippen LogP) is 4.04. The van der Waals surface area contributed by atoms with Crippen LogP contribution >= 0.6 is 11.3 Å². The topological polar surface area (TPSA) is 38.0 Å². The molecular formula is C17H18N2S. The maximum atomic E-state index is 5.75. The van der Waals surface area contributed by atoms with E-state index in [-0.39, 0.29) is 6.04 Å². The van der Waals surface area contributed by atoms with Gasteiger partial charge in [-0.1, -0.05) is 48.5 Å². The van der Waals surface area contributed by atoms with Crippen molar-refractivity contribution in [3.63, 3.8) is 0 Å². The third kappa shape index (κ3) is 2.90. The largest absolute Gasteiger partial charge is 0.271 e. The SMILES string of the molecule is NNC(CCc1ccccc1)c1cc2ccccc2s1. The number of thiophene rings is 1. The van der Waals surface area contributed by atoms with Crippen LogP contribution in [0.4, 0.5) is 0 Å². The second-order valence-corrected chi connectivity index (χ2v) is 6.05. The van der Waals surface area contributed by atoms with Gasteiger partial charge in [-0.25, -0.2) is 0 Å². The molecule has 1 aromatic heterocycles. The van der Waals surface area contributed by atoms with Gasteiger partial charge in [0.2, 0.25) is 0 Å². The number of hydrazine groups is 1. The van der Waals surface area contributed by atoms with E-state index < -0.39 is 0 Å². The molecule has 1 unspecified atom stereocenters. The van der Waals surface area contributed by atoms with Crippen LogP contribution in [-0.4, -0.2) is 0 Å². The summed E-state index contributed by atoms with van der Waals surface area (Å²) in [6, 6.07) is 21.5. The molecule has 3 N–H and O–H groups in total. The molecule has 3 heteroatoms. The summed E-state index contributed by atoms with van der Waals surface area (Å²) < 4.78 is 1.32. The van der Waals surface area contributed by atoms with Gasteiger partial charge in [-0.2, -0.15) is 0 Å². The molecule has 0 saturated heterocycles. The van der Waals surface area contributed by atoms with Crippen LogP contribution in [-0.2, 0) is 6.42 Å². The first-order valence-electron chi connectivity index (χ1n) is 6.85. The average Bonchev–Trinajstić information content (AvgIpc) is 2.92. The molecule has 2 aromatic carbocycles. The lowest BCUT2D eigenvalue weighted by Crippen LogP contribution is -2.27. The molecule has 20 heavy (non-hydrogen) atoms. The van der Waals surface area contributed by atoms with Crippen molar-refractivity contribution in [2.75, 3.05) is 0 Å². The van der Waals surface area contributed by atoms with Crippen molar-refractivity contribution in [3.8, 4) is 0 Å². The maximum absolute atomic E-state index is 5.75. The molecule has 0 aliphatic rings. The molecule has 0 aliphatic heterocycles. The van der Waals surface area contributed by atoms with E-state index in [1.807, 2.05) is 17.4 Å². The Balaban J connectivity index is 1.75. The molecule has 0 spiro atoms. The quantitative estimate of drug-likeness (QED) is 0.547. The highest BCUT2D eigenvalue weighted by molar-refractivity contribution is 7.19. The van der Waals surface area contributed by atoms with Crippen molar-refractivity contribution in [2.24, 2.45) is 5.84 Å². The molecule has 0 aliphatic carbocycles. The molecule has 0 saturated carbocycles. The van der Waals surface area contributed by atoms with Gasteiger partial charge in [0, 0.05) is 9.58 Å². The van der Waals surface area contributed by atoms with E-state index in [0.717, 1.165) is 12.8 Å². The summed E-state index contributed by atoms with van der Waals surface area (Å²) in [5.41, 5.74) is 4.32. The summed E-state index contributed by atoms with van der Waals surface area (Å²) in [6.07, 6.45) is 2.04. The van der Waals surface area contributed by atoms with Gasteiger partial charge in [0.25, 0.3) is 0 Å². The Morgan fingerprint density at radius 1 is 1.00 bits per heavy atom. The van der Waals surface area contributed by atoms with E-state index in [1.165, 1.54) is 20.5 Å². The summed E-state index contributed by atoms with van der Waals surface area (Å²) in [4.78, 5) is 1.31. The van der Waals surface area contributed by atoms with Crippen LogP contribution in [0.3, 0.4) is 0 Å². The number of rotatable bonds is 5. The Kier molecular flexibility index (Phi) is 4.11. The highest BCUT2D eigenvalue weighted by Gasteiger charge is 2.13. The Morgan fingerprint density at radius 2 is 1.75 bits per heavy atom. The fourth-order valence-corrected chi connectivity index (χ4v) is 3.60. The second kappa shape index (κ2) is 6.18. The lowest BCUT2D eigenvalue weighted by Gasteiger charge is -2.13. The Morgan fingerprint density at radius 3 is 2.50 bits per heavy atom. The van der Waals surface area contributed by atoms with Gasteiger partial charge in [0.05, 0.1) is 6.04 Å². The lowest BCUT2D eigenvalue weighted by molar-refractivity contribution is 0.524. The third-order valence-corrected chi connectivity index (χ3v) is 4.78. The van der Waals surface area contributed by atoms with Crippen molar-refractivity contribution in [2.45, 2.75) is 18.9 Å². The van der Waals surface area contributed by atoms with Crippen LogP contribution in [0.5, 0.6) is 0 Å². The summed E-state index contributed by atoms with van der Waals surface area (Å²) in [7, 11) is 0. The zero-order valence-electron chi connectivity index (χ0n) is 11.3. The molecule has 3 rings (SSSR count). The summed E-state index contributed by atoms with van der Waals surface area (Å²) in [5, 5.41) is 1.30. The normalized spacial score (nSPS) is 12.7. The van der Waals surface area contributed by atoms with Gasteiger partial charge in [0.1, 0.15) is 0 Å². The highest BCUT2D eigenvalue weighted by Crippen LogP contribution is 2.31. The van der Waals surface area contributed by atoms with E-state index in [9.17, 15) is 0 Å². The van der Waals surface area contributed by atoms with E-state index in [4.69, 9.17) is 5.84 Å². The standard InChI is InChI=1S/C17H18N2S/c18-19-15(11-10-13-6-2-1-3-7-13)17-12-14-8-4-5-9-16(14)20-17/h1-9,12,15,19H,10-11,18H2. The Hall–Kier alpha value is -1.68. The summed E-state index contributed by atoms with van der Waals surface area (Å²) in [6.45, 7) is 0. The smallest absolute Gasteiger partial charge is 0.0556 e. The number of hydrogen-bond acceptors (Lipinski definition) is 3. The van der Waals surface area contributed by atoms with Gasteiger partial charge in [-0.3, -0.25) is 11.3 Å². The zero-order chi connectivity index (χ0) is 13.8. The molecule has 1 atom stereocenters. The van der Waals surface area contributed by atoms with Crippen LogP contribution in [0.15, 0.2) is 60.7 Å². The first-order chi connectivity index (χ1) is 9.86. The van der Waals surface area contributed by atoms with Gasteiger partial charge in [-0.05, 0) is 35.9 Å². The maximum Gasteiger partial charge on any atom is 0.0556 e. The monoisotopic (exact) mass is 282 g/mol. The van der Waals surface area contributed by atoms with Gasteiger partial charge >= 0.3 is 0 Å². The molecule has 2 nitrogen and oxygen atoms in total. The van der Waals surface area contributed by atoms with Gasteiger partial charge in [0.15, 0.2) is 0 Å². The minimum atomic E-state index is 0.215. The van der Waals surface area contributed by atoms with Crippen LogP contribution in [0.2, 0.25) is 0 Å². The second-order valence-electron chi connectivity index (χ2n) is 4.93. The minimum absolute atomic E-state index is 0.215. The molecule has 1 heterocycles. The fraction of sp³-hybridized carbons (Fsp3) is 0.176. The van der Waals surface area contributed by atoms with Gasteiger partial charge in [-0.15, -0.1) is 11.3 Å². The molecule has 0 radical (unpaired) electrons. The number of nitrogens with two attached hydrogens (primary N) is 1. The van der Waals surface area contributed by atoms with Crippen molar-refractivity contribution < 1.29 is 0 Å². The molecule has 0 fully saturated rings. The predicted molar refractivity (Wildman–Crippen MR) is 86.7 cm³/mol. The molecule has 3 aromatic rings. The number of fused-ring (bicyclic) bond motifs is 1. The van der Waals surface area contributed by atoms with Crippen molar-refractivity contribution in [3.05, 3.63) is 71.1 Å². The average molecular weight is 282 g/mol. The first-order valence-corrected chi connectivity index (χ1v) is 7.67. The van der Waals surface area contributed by atoms with Crippen LogP contribution in [0.1, 0.15) is 22.9 Å². The van der Waals surface area contributed by atoms with E-state index in [2.05, 4.69) is 60.0 Å². The summed E-state index contributed by atoms with van der Waals surface area (Å²) >= 11 is 1.82. The van der Waals surface area contributed by atoms with E-state index >= 15 is 0 Å². The number of benzene rings is 2. The Labute approximate surface area is 123 Å².